The highest BCUT2D eigenvalue weighted by molar-refractivity contribution is 7.22. The predicted molar refractivity (Wildman–Crippen MR) is 156 cm³/mol. The van der Waals surface area contributed by atoms with E-state index in [1.165, 1.54) is 20.2 Å². The van der Waals surface area contributed by atoms with E-state index < -0.39 is 23.5 Å². The fourth-order valence-electron chi connectivity index (χ4n) is 4.49. The van der Waals surface area contributed by atoms with Crippen molar-refractivity contribution < 1.29 is 32.4 Å². The van der Waals surface area contributed by atoms with E-state index in [0.29, 0.717) is 35.4 Å². The molecule has 3 aromatic heterocycles. The summed E-state index contributed by atoms with van der Waals surface area (Å²) in [5.74, 6) is -1.08. The lowest BCUT2D eigenvalue weighted by Crippen LogP contribution is -2.21. The third kappa shape index (κ3) is 6.79. The zero-order chi connectivity index (χ0) is 31.5. The summed E-state index contributed by atoms with van der Waals surface area (Å²) < 4.78 is 60.0. The van der Waals surface area contributed by atoms with E-state index in [-0.39, 0.29) is 44.0 Å². The molecule has 3 heterocycles. The second-order valence-electron chi connectivity index (χ2n) is 10.3. The summed E-state index contributed by atoms with van der Waals surface area (Å²) in [5.41, 5.74) is 0.540. The van der Waals surface area contributed by atoms with Gasteiger partial charge in [-0.05, 0) is 42.7 Å². The number of hydrogen-bond donors (Lipinski definition) is 4. The number of pyridine rings is 1. The third-order valence-corrected chi connectivity index (χ3v) is 7.66. The highest BCUT2D eigenvalue weighted by atomic mass is 31.1. The molecule has 0 atom stereocenters. The summed E-state index contributed by atoms with van der Waals surface area (Å²) in [6.45, 7) is 0.593. The standard InChI is InChI=1S/C28H28F3N8O4P/c1-32-25(41)23-21(6-5-19(35-23)17-10-34-39(12-17)14-27(15-40)7-8-27)36-24-18(28(29,30)31)11-33-26(38-24)37-20-4-3-16(13-44-42)9-22(20)43-2/h3-6,9-12,40H,7-8,13-15H2,1-2H3,(H,32,41)(H2,33,36,37,38). The first-order chi connectivity index (χ1) is 21.1. The number of halogens is 3. The highest BCUT2D eigenvalue weighted by Gasteiger charge is 2.42. The monoisotopic (exact) mass is 628 g/mol. The van der Waals surface area contributed by atoms with Gasteiger partial charge >= 0.3 is 6.18 Å². The zero-order valence-electron chi connectivity index (χ0n) is 23.6. The van der Waals surface area contributed by atoms with Gasteiger partial charge in [0.05, 0.1) is 43.1 Å². The normalized spacial score (nSPS) is 13.9. The number of benzene rings is 1. The van der Waals surface area contributed by atoms with E-state index in [9.17, 15) is 27.6 Å². The second kappa shape index (κ2) is 12.5. The third-order valence-electron chi connectivity index (χ3n) is 7.16. The Morgan fingerprint density at radius 3 is 2.57 bits per heavy atom. The minimum absolute atomic E-state index is 0.0217. The van der Waals surface area contributed by atoms with Crippen LogP contribution in [0.2, 0.25) is 0 Å². The van der Waals surface area contributed by atoms with Crippen LogP contribution in [0.3, 0.4) is 0 Å². The van der Waals surface area contributed by atoms with Gasteiger partial charge in [-0.1, -0.05) is 6.07 Å². The Kier molecular flexibility index (Phi) is 8.79. The first kappa shape index (κ1) is 30.8. The molecule has 0 bridgehead atoms. The number of hydrogen-bond acceptors (Lipinski definition) is 10. The van der Waals surface area contributed by atoms with Crippen LogP contribution in [0.5, 0.6) is 5.75 Å². The minimum Gasteiger partial charge on any atom is -0.495 e. The molecular weight excluding hydrogens is 600 g/mol. The van der Waals surface area contributed by atoms with Crippen molar-refractivity contribution >= 4 is 37.5 Å². The Morgan fingerprint density at radius 2 is 1.91 bits per heavy atom. The molecule has 1 aromatic carbocycles. The lowest BCUT2D eigenvalue weighted by Gasteiger charge is -2.17. The number of amides is 1. The maximum Gasteiger partial charge on any atom is 0.421 e. The summed E-state index contributed by atoms with van der Waals surface area (Å²) in [6, 6.07) is 7.92. The molecule has 4 aromatic rings. The summed E-state index contributed by atoms with van der Waals surface area (Å²) in [6.07, 6.45) is 1.19. The predicted octanol–water partition coefficient (Wildman–Crippen LogP) is 5.17. The van der Waals surface area contributed by atoms with Crippen molar-refractivity contribution in [2.45, 2.75) is 31.7 Å². The molecule has 230 valence electrons. The molecule has 16 heteroatoms. The van der Waals surface area contributed by atoms with Gasteiger partial charge in [0.2, 0.25) is 5.95 Å². The van der Waals surface area contributed by atoms with Gasteiger partial charge in [0.1, 0.15) is 17.1 Å². The van der Waals surface area contributed by atoms with Crippen LogP contribution >= 0.6 is 8.46 Å². The molecule has 4 N–H and O–H groups in total. The van der Waals surface area contributed by atoms with E-state index in [2.05, 4.69) is 36.0 Å². The number of methoxy groups -OCH3 is 1. The van der Waals surface area contributed by atoms with E-state index in [1.54, 1.807) is 41.3 Å². The second-order valence-corrected chi connectivity index (χ2v) is 10.9. The quantitative estimate of drug-likeness (QED) is 0.154. The molecule has 0 aliphatic heterocycles. The van der Waals surface area contributed by atoms with Crippen molar-refractivity contribution in [2.75, 3.05) is 31.4 Å². The van der Waals surface area contributed by atoms with Gasteiger partial charge in [0, 0.05) is 37.0 Å². The average Bonchev–Trinajstić information content (AvgIpc) is 3.63. The Bertz CT molecular complexity index is 1690. The van der Waals surface area contributed by atoms with Crippen LogP contribution in [0.4, 0.5) is 36.3 Å². The fourth-order valence-corrected chi connectivity index (χ4v) is 4.83. The van der Waals surface area contributed by atoms with Crippen LogP contribution in [-0.2, 0) is 23.4 Å². The molecule has 5 rings (SSSR count). The lowest BCUT2D eigenvalue weighted by molar-refractivity contribution is -0.137. The Balaban J connectivity index is 1.47. The smallest absolute Gasteiger partial charge is 0.421 e. The maximum absolute atomic E-state index is 14.0. The SMILES string of the molecule is CNC(=O)c1nc(-c2cnn(CC3(CO)CC3)c2)ccc1Nc1nc(Nc2ccc(CP=O)cc2OC)ncc1C(F)(F)F. The van der Waals surface area contributed by atoms with E-state index in [1.807, 2.05) is 0 Å². The number of aliphatic hydroxyl groups is 1. The topological polar surface area (TPSA) is 156 Å². The Morgan fingerprint density at radius 1 is 1.14 bits per heavy atom. The first-order valence-electron chi connectivity index (χ1n) is 13.4. The van der Waals surface area contributed by atoms with Gasteiger partial charge in [-0.15, -0.1) is 0 Å². The van der Waals surface area contributed by atoms with Crippen molar-refractivity contribution in [3.8, 4) is 17.0 Å². The maximum atomic E-state index is 14.0. The molecule has 44 heavy (non-hydrogen) atoms. The molecule has 12 nitrogen and oxygen atoms in total. The Hall–Kier alpha value is -4.62. The van der Waals surface area contributed by atoms with Gasteiger partial charge in [-0.25, -0.2) is 9.97 Å². The summed E-state index contributed by atoms with van der Waals surface area (Å²) in [4.78, 5) is 25.1. The van der Waals surface area contributed by atoms with Crippen molar-refractivity contribution in [1.82, 2.24) is 30.0 Å². The summed E-state index contributed by atoms with van der Waals surface area (Å²) >= 11 is 0. The Labute approximate surface area is 251 Å². The summed E-state index contributed by atoms with van der Waals surface area (Å²) in [7, 11) is 2.72. The van der Waals surface area contributed by atoms with Crippen molar-refractivity contribution in [3.05, 3.63) is 65.7 Å². The summed E-state index contributed by atoms with van der Waals surface area (Å²) in [5, 5.41) is 21.9. The van der Waals surface area contributed by atoms with Gasteiger partial charge < -0.3 is 25.8 Å². The van der Waals surface area contributed by atoms with E-state index in [4.69, 9.17) is 4.74 Å². The molecule has 0 spiro atoms. The number of carbonyl (C=O) groups is 1. The zero-order valence-corrected chi connectivity index (χ0v) is 24.5. The molecule has 1 amide bonds. The van der Waals surface area contributed by atoms with Crippen LogP contribution in [0.25, 0.3) is 11.3 Å². The molecular formula is C28H28F3N8O4P. The van der Waals surface area contributed by atoms with Crippen LogP contribution in [0.1, 0.15) is 34.5 Å². The molecule has 0 saturated heterocycles. The minimum atomic E-state index is -4.82. The van der Waals surface area contributed by atoms with Gasteiger partial charge in [0.15, 0.2) is 14.2 Å². The highest BCUT2D eigenvalue weighted by Crippen LogP contribution is 2.46. The molecule has 0 unspecified atom stereocenters. The molecule has 1 aliphatic rings. The van der Waals surface area contributed by atoms with E-state index in [0.717, 1.165) is 18.4 Å². The number of nitrogens with one attached hydrogen (secondary N) is 3. The number of rotatable bonds is 12. The van der Waals surface area contributed by atoms with Crippen molar-refractivity contribution in [1.29, 1.82) is 0 Å². The molecule has 1 fully saturated rings. The number of aliphatic hydroxyl groups excluding tert-OH is 1. The number of alkyl halides is 3. The van der Waals surface area contributed by atoms with Crippen LogP contribution in [0.15, 0.2) is 48.9 Å². The van der Waals surface area contributed by atoms with Gasteiger partial charge in [0.25, 0.3) is 5.91 Å². The number of aromatic nitrogens is 5. The van der Waals surface area contributed by atoms with E-state index >= 15 is 0 Å². The van der Waals surface area contributed by atoms with Gasteiger partial charge in [-0.2, -0.15) is 23.3 Å². The molecule has 1 saturated carbocycles. The lowest BCUT2D eigenvalue weighted by atomic mass is 10.1. The van der Waals surface area contributed by atoms with Gasteiger partial charge in [-0.3, -0.25) is 14.0 Å². The van der Waals surface area contributed by atoms with Crippen molar-refractivity contribution in [2.24, 2.45) is 5.41 Å². The van der Waals surface area contributed by atoms with Crippen LogP contribution in [0, 0.1) is 5.41 Å². The van der Waals surface area contributed by atoms with Crippen LogP contribution in [-0.4, -0.2) is 56.5 Å². The molecule has 0 radical (unpaired) electrons. The number of ether oxygens (including phenoxy) is 1. The fraction of sp³-hybridized carbons (Fsp3) is 0.321. The number of nitrogens with zero attached hydrogens (tertiary/aromatic N) is 5. The molecule has 1 aliphatic carbocycles. The number of carbonyl (C=O) groups excluding carboxylic acids is 1. The average molecular weight is 629 g/mol. The van der Waals surface area contributed by atoms with Crippen LogP contribution < -0.4 is 20.7 Å². The number of anilines is 4. The van der Waals surface area contributed by atoms with Crippen molar-refractivity contribution in [3.63, 3.8) is 0 Å². The first-order valence-corrected chi connectivity index (χ1v) is 14.4. The largest absolute Gasteiger partial charge is 0.495 e.